The average Bonchev–Trinajstić information content (AvgIpc) is 2.84. The van der Waals surface area contributed by atoms with Gasteiger partial charge < -0.3 is 15.6 Å². The predicted octanol–water partition coefficient (Wildman–Crippen LogP) is 3.65. The van der Waals surface area contributed by atoms with Crippen molar-refractivity contribution in [3.8, 4) is 0 Å². The highest BCUT2D eigenvalue weighted by atomic mass is 16.2. The maximum absolute atomic E-state index is 12.0. The summed E-state index contributed by atoms with van der Waals surface area (Å²) in [6.07, 6.45) is 6.87. The summed E-state index contributed by atoms with van der Waals surface area (Å²) in [7, 11) is 0. The molecule has 2 aromatic rings. The van der Waals surface area contributed by atoms with Crippen LogP contribution in [0.1, 0.15) is 43.4 Å². The molecule has 0 atom stereocenters. The molecule has 1 aromatic heterocycles. The summed E-state index contributed by atoms with van der Waals surface area (Å²) < 4.78 is 0. The van der Waals surface area contributed by atoms with Crippen LogP contribution in [-0.2, 0) is 6.42 Å². The van der Waals surface area contributed by atoms with Gasteiger partial charge in [-0.2, -0.15) is 0 Å². The highest BCUT2D eigenvalue weighted by Gasteiger charge is 2.15. The molecule has 0 bridgehead atoms. The number of aryl methyl sites for hydroxylation is 1. The molecule has 1 aliphatic rings. The molecule has 1 fully saturated rings. The lowest BCUT2D eigenvalue weighted by Gasteiger charge is -2.22. The Bertz CT molecular complexity index is 641. The Kier molecular flexibility index (Phi) is 4.66. The van der Waals surface area contributed by atoms with E-state index in [1.807, 2.05) is 6.07 Å². The second-order valence-electron chi connectivity index (χ2n) is 6.26. The lowest BCUT2D eigenvalue weighted by Crippen LogP contribution is -2.43. The van der Waals surface area contributed by atoms with E-state index in [2.05, 4.69) is 40.7 Å². The van der Waals surface area contributed by atoms with Crippen molar-refractivity contribution in [2.75, 3.05) is 6.54 Å². The molecule has 22 heavy (non-hydrogen) atoms. The summed E-state index contributed by atoms with van der Waals surface area (Å²) in [5.74, 6) is 0. The quantitative estimate of drug-likeness (QED) is 0.793. The van der Waals surface area contributed by atoms with Crippen molar-refractivity contribution >= 4 is 16.9 Å². The zero-order chi connectivity index (χ0) is 15.4. The number of amides is 2. The second-order valence-corrected chi connectivity index (χ2v) is 6.26. The van der Waals surface area contributed by atoms with Gasteiger partial charge in [0.15, 0.2) is 0 Å². The van der Waals surface area contributed by atoms with E-state index >= 15 is 0 Å². The third-order valence-corrected chi connectivity index (χ3v) is 4.63. The first-order chi connectivity index (χ1) is 10.7. The molecule has 1 heterocycles. The van der Waals surface area contributed by atoms with Crippen LogP contribution in [0.3, 0.4) is 0 Å². The minimum atomic E-state index is -0.0237. The van der Waals surface area contributed by atoms with E-state index in [-0.39, 0.29) is 6.03 Å². The zero-order valence-corrected chi connectivity index (χ0v) is 13.2. The molecule has 2 amide bonds. The fourth-order valence-corrected chi connectivity index (χ4v) is 3.44. The number of para-hydroxylation sites is 1. The maximum Gasteiger partial charge on any atom is 0.315 e. The summed E-state index contributed by atoms with van der Waals surface area (Å²) in [6, 6.07) is 8.67. The van der Waals surface area contributed by atoms with Gasteiger partial charge >= 0.3 is 6.03 Å². The number of rotatable bonds is 4. The van der Waals surface area contributed by atoms with Crippen LogP contribution in [0.4, 0.5) is 4.79 Å². The predicted molar refractivity (Wildman–Crippen MR) is 90.1 cm³/mol. The average molecular weight is 299 g/mol. The van der Waals surface area contributed by atoms with Gasteiger partial charge in [0.1, 0.15) is 0 Å². The van der Waals surface area contributed by atoms with Gasteiger partial charge in [0.05, 0.1) is 0 Å². The van der Waals surface area contributed by atoms with Gasteiger partial charge in [-0.25, -0.2) is 4.79 Å². The Morgan fingerprint density at radius 1 is 1.23 bits per heavy atom. The van der Waals surface area contributed by atoms with Gasteiger partial charge in [-0.05, 0) is 37.8 Å². The Hall–Kier alpha value is -1.97. The number of hydrogen-bond acceptors (Lipinski definition) is 1. The van der Waals surface area contributed by atoms with E-state index in [1.165, 1.54) is 41.4 Å². The van der Waals surface area contributed by atoms with Crippen LogP contribution in [0.15, 0.2) is 24.3 Å². The smallest absolute Gasteiger partial charge is 0.315 e. The SMILES string of the molecule is Cc1[nH]c2ccccc2c1CCNC(=O)NC1CCCCC1. The van der Waals surface area contributed by atoms with Gasteiger partial charge in [0.2, 0.25) is 0 Å². The number of urea groups is 1. The number of aromatic nitrogens is 1. The van der Waals surface area contributed by atoms with Gasteiger partial charge in [0, 0.05) is 29.2 Å². The maximum atomic E-state index is 12.0. The Labute approximate surface area is 131 Å². The first-order valence-electron chi connectivity index (χ1n) is 8.34. The number of fused-ring (bicyclic) bond motifs is 1. The molecule has 0 unspecified atom stereocenters. The van der Waals surface area contributed by atoms with Crippen molar-refractivity contribution in [1.82, 2.24) is 15.6 Å². The fourth-order valence-electron chi connectivity index (χ4n) is 3.44. The van der Waals surface area contributed by atoms with Crippen LogP contribution in [0.2, 0.25) is 0 Å². The molecule has 1 saturated carbocycles. The van der Waals surface area contributed by atoms with E-state index in [4.69, 9.17) is 0 Å². The second kappa shape index (κ2) is 6.86. The van der Waals surface area contributed by atoms with Crippen LogP contribution in [0.25, 0.3) is 10.9 Å². The topological polar surface area (TPSA) is 56.9 Å². The van der Waals surface area contributed by atoms with Crippen LogP contribution < -0.4 is 10.6 Å². The van der Waals surface area contributed by atoms with Crippen LogP contribution in [0, 0.1) is 6.92 Å². The molecule has 1 aliphatic carbocycles. The lowest BCUT2D eigenvalue weighted by molar-refractivity contribution is 0.233. The third-order valence-electron chi connectivity index (χ3n) is 4.63. The van der Waals surface area contributed by atoms with E-state index in [1.54, 1.807) is 0 Å². The van der Waals surface area contributed by atoms with E-state index < -0.39 is 0 Å². The molecule has 0 radical (unpaired) electrons. The molecule has 0 aliphatic heterocycles. The molecule has 4 heteroatoms. The highest BCUT2D eigenvalue weighted by molar-refractivity contribution is 5.84. The number of H-pyrrole nitrogens is 1. The largest absolute Gasteiger partial charge is 0.358 e. The van der Waals surface area contributed by atoms with Crippen LogP contribution in [0.5, 0.6) is 0 Å². The Morgan fingerprint density at radius 3 is 2.82 bits per heavy atom. The van der Waals surface area contributed by atoms with Crippen molar-refractivity contribution in [3.05, 3.63) is 35.5 Å². The van der Waals surface area contributed by atoms with E-state index in [9.17, 15) is 4.79 Å². The van der Waals surface area contributed by atoms with Gasteiger partial charge in [0.25, 0.3) is 0 Å². The number of nitrogens with one attached hydrogen (secondary N) is 3. The monoisotopic (exact) mass is 299 g/mol. The van der Waals surface area contributed by atoms with Crippen molar-refractivity contribution in [3.63, 3.8) is 0 Å². The Balaban J connectivity index is 1.51. The number of carbonyl (C=O) groups is 1. The van der Waals surface area contributed by atoms with E-state index in [0.29, 0.717) is 12.6 Å². The molecule has 3 rings (SSSR count). The number of aromatic amines is 1. The minimum absolute atomic E-state index is 0.0237. The first kappa shape index (κ1) is 14.9. The standard InChI is InChI=1S/C18H25N3O/c1-13-15(16-9-5-6-10-17(16)20-13)11-12-19-18(22)21-14-7-3-2-4-8-14/h5-6,9-10,14,20H,2-4,7-8,11-12H2,1H3,(H2,19,21,22). The summed E-state index contributed by atoms with van der Waals surface area (Å²) >= 11 is 0. The number of carbonyl (C=O) groups excluding carboxylic acids is 1. The summed E-state index contributed by atoms with van der Waals surface area (Å²) in [5.41, 5.74) is 3.66. The van der Waals surface area contributed by atoms with Crippen molar-refractivity contribution in [2.24, 2.45) is 0 Å². The summed E-state index contributed by atoms with van der Waals surface area (Å²) in [6.45, 7) is 2.76. The molecule has 4 nitrogen and oxygen atoms in total. The normalized spacial score (nSPS) is 15.9. The Morgan fingerprint density at radius 2 is 2.00 bits per heavy atom. The lowest BCUT2D eigenvalue weighted by atomic mass is 9.96. The minimum Gasteiger partial charge on any atom is -0.358 e. The zero-order valence-electron chi connectivity index (χ0n) is 13.2. The molecular weight excluding hydrogens is 274 g/mol. The number of benzene rings is 1. The molecular formula is C18H25N3O. The third kappa shape index (κ3) is 3.43. The van der Waals surface area contributed by atoms with Gasteiger partial charge in [-0.15, -0.1) is 0 Å². The number of hydrogen-bond donors (Lipinski definition) is 3. The fraction of sp³-hybridized carbons (Fsp3) is 0.500. The molecule has 118 valence electrons. The van der Waals surface area contributed by atoms with Crippen molar-refractivity contribution in [1.29, 1.82) is 0 Å². The molecule has 0 spiro atoms. The van der Waals surface area contributed by atoms with E-state index in [0.717, 1.165) is 19.3 Å². The first-order valence-corrected chi connectivity index (χ1v) is 8.34. The molecule has 0 saturated heterocycles. The summed E-state index contributed by atoms with van der Waals surface area (Å²) in [4.78, 5) is 15.4. The van der Waals surface area contributed by atoms with Crippen LogP contribution >= 0.6 is 0 Å². The summed E-state index contributed by atoms with van der Waals surface area (Å²) in [5, 5.41) is 7.35. The molecule has 3 N–H and O–H groups in total. The highest BCUT2D eigenvalue weighted by Crippen LogP contribution is 2.22. The van der Waals surface area contributed by atoms with Crippen molar-refractivity contribution in [2.45, 2.75) is 51.5 Å². The van der Waals surface area contributed by atoms with Crippen molar-refractivity contribution < 1.29 is 4.79 Å². The molecule has 1 aromatic carbocycles. The van der Waals surface area contributed by atoms with Crippen LogP contribution in [-0.4, -0.2) is 23.6 Å². The van der Waals surface area contributed by atoms with Gasteiger partial charge in [-0.3, -0.25) is 0 Å². The van der Waals surface area contributed by atoms with Gasteiger partial charge in [-0.1, -0.05) is 37.5 Å².